The Bertz CT molecular complexity index is 1570. The van der Waals surface area contributed by atoms with E-state index >= 15 is 0 Å². The Morgan fingerprint density at radius 3 is 2.42 bits per heavy atom. The fraction of sp³-hybridized carbons (Fsp3) is 0.0690. The molecular formula is C29H26N8O. The van der Waals surface area contributed by atoms with Gasteiger partial charge in [-0.2, -0.15) is 0 Å². The van der Waals surface area contributed by atoms with Crippen LogP contribution in [0.1, 0.15) is 28.5 Å². The van der Waals surface area contributed by atoms with Crippen LogP contribution in [0.3, 0.4) is 0 Å². The number of nitrogens with one attached hydrogen (secondary N) is 3. The molecule has 4 rings (SSSR count). The number of aryl methyl sites for hydroxylation is 1. The van der Waals surface area contributed by atoms with Crippen LogP contribution in [0.15, 0.2) is 101 Å². The number of allylic oxidation sites excluding steroid dienone is 1. The molecule has 0 radical (unpaired) electrons. The average molecular weight is 503 g/mol. The Kier molecular flexibility index (Phi) is 8.13. The SMILES string of the molecule is C=Nc1ccc(N=[N+]=[N-])cc1/C(=C\C)Nc1cccc(C(=O)Nc2cccc(Nc3ccnc(C)c3)c2)c1. The molecular weight excluding hydrogens is 476 g/mol. The number of aromatic nitrogens is 1. The van der Waals surface area contributed by atoms with Crippen molar-refractivity contribution in [1.29, 1.82) is 0 Å². The lowest BCUT2D eigenvalue weighted by Gasteiger charge is -2.15. The van der Waals surface area contributed by atoms with Crippen LogP contribution in [0.4, 0.5) is 34.1 Å². The van der Waals surface area contributed by atoms with E-state index in [9.17, 15) is 4.79 Å². The molecule has 0 saturated carbocycles. The maximum atomic E-state index is 13.1. The van der Waals surface area contributed by atoms with E-state index in [2.05, 4.69) is 42.7 Å². The monoisotopic (exact) mass is 502 g/mol. The van der Waals surface area contributed by atoms with E-state index in [4.69, 9.17) is 5.53 Å². The van der Waals surface area contributed by atoms with Gasteiger partial charge in [0.25, 0.3) is 5.91 Å². The van der Waals surface area contributed by atoms with Crippen molar-refractivity contribution in [2.24, 2.45) is 10.1 Å². The third-order valence-electron chi connectivity index (χ3n) is 5.60. The summed E-state index contributed by atoms with van der Waals surface area (Å²) in [5, 5.41) is 13.3. The number of anilines is 4. The van der Waals surface area contributed by atoms with E-state index in [1.54, 1.807) is 42.6 Å². The van der Waals surface area contributed by atoms with Crippen LogP contribution in [0.5, 0.6) is 0 Å². The molecule has 0 aliphatic carbocycles. The molecule has 188 valence electrons. The number of azide groups is 1. The fourth-order valence-corrected chi connectivity index (χ4v) is 3.85. The van der Waals surface area contributed by atoms with E-state index < -0.39 is 0 Å². The second kappa shape index (κ2) is 12.0. The summed E-state index contributed by atoms with van der Waals surface area (Å²) in [7, 11) is 0. The zero-order chi connectivity index (χ0) is 26.9. The van der Waals surface area contributed by atoms with Crippen molar-refractivity contribution in [3.8, 4) is 0 Å². The highest BCUT2D eigenvalue weighted by Gasteiger charge is 2.11. The van der Waals surface area contributed by atoms with Gasteiger partial charge >= 0.3 is 0 Å². The summed E-state index contributed by atoms with van der Waals surface area (Å²) in [6.45, 7) is 7.44. The lowest BCUT2D eigenvalue weighted by molar-refractivity contribution is 0.102. The summed E-state index contributed by atoms with van der Waals surface area (Å²) in [5.41, 5.74) is 15.9. The fourth-order valence-electron chi connectivity index (χ4n) is 3.85. The number of pyridine rings is 1. The first-order valence-electron chi connectivity index (χ1n) is 11.8. The number of hydrogen-bond acceptors (Lipinski definition) is 6. The van der Waals surface area contributed by atoms with Crippen molar-refractivity contribution < 1.29 is 4.79 Å². The zero-order valence-corrected chi connectivity index (χ0v) is 21.0. The average Bonchev–Trinajstić information content (AvgIpc) is 2.92. The second-order valence-corrected chi connectivity index (χ2v) is 8.30. The molecule has 4 aromatic rings. The molecule has 0 aliphatic heterocycles. The summed E-state index contributed by atoms with van der Waals surface area (Å²) in [5.74, 6) is -0.244. The highest BCUT2D eigenvalue weighted by Crippen LogP contribution is 2.31. The van der Waals surface area contributed by atoms with Crippen molar-refractivity contribution in [3.05, 3.63) is 118 Å². The van der Waals surface area contributed by atoms with Gasteiger partial charge in [0.05, 0.1) is 5.69 Å². The maximum Gasteiger partial charge on any atom is 0.255 e. The van der Waals surface area contributed by atoms with Crippen LogP contribution < -0.4 is 16.0 Å². The van der Waals surface area contributed by atoms with E-state index in [0.717, 1.165) is 28.3 Å². The van der Waals surface area contributed by atoms with Crippen LogP contribution in [0.25, 0.3) is 16.1 Å². The van der Waals surface area contributed by atoms with E-state index in [1.165, 1.54) is 0 Å². The Morgan fingerprint density at radius 1 is 0.947 bits per heavy atom. The number of rotatable bonds is 9. The molecule has 0 spiro atoms. The van der Waals surface area contributed by atoms with Gasteiger partial charge in [-0.1, -0.05) is 29.4 Å². The molecule has 38 heavy (non-hydrogen) atoms. The molecule has 0 fully saturated rings. The number of amides is 1. The zero-order valence-electron chi connectivity index (χ0n) is 21.0. The molecule has 9 heteroatoms. The van der Waals surface area contributed by atoms with Gasteiger partial charge in [0, 0.05) is 62.1 Å². The number of nitrogens with zero attached hydrogens (tertiary/aromatic N) is 5. The van der Waals surface area contributed by atoms with Crippen LogP contribution in [-0.4, -0.2) is 17.6 Å². The van der Waals surface area contributed by atoms with Gasteiger partial charge in [-0.15, -0.1) is 0 Å². The number of aliphatic imine (C=N–C) groups is 1. The first-order chi connectivity index (χ1) is 18.5. The summed E-state index contributed by atoms with van der Waals surface area (Å²) < 4.78 is 0. The van der Waals surface area contributed by atoms with Gasteiger partial charge in [0.15, 0.2) is 0 Å². The van der Waals surface area contributed by atoms with Crippen LogP contribution in [0.2, 0.25) is 0 Å². The number of benzene rings is 3. The minimum atomic E-state index is -0.244. The molecule has 0 aliphatic rings. The molecule has 1 aromatic heterocycles. The first-order valence-corrected chi connectivity index (χ1v) is 11.8. The van der Waals surface area contributed by atoms with Crippen molar-refractivity contribution in [2.45, 2.75) is 13.8 Å². The third kappa shape index (κ3) is 6.42. The molecule has 0 bridgehead atoms. The van der Waals surface area contributed by atoms with Gasteiger partial charge in [-0.05, 0) is 86.8 Å². The Hall–Kier alpha value is -5.40. The molecule has 0 unspecified atom stereocenters. The van der Waals surface area contributed by atoms with Crippen LogP contribution in [0, 0.1) is 6.92 Å². The van der Waals surface area contributed by atoms with Crippen molar-refractivity contribution in [1.82, 2.24) is 4.98 Å². The molecule has 1 amide bonds. The Balaban J connectivity index is 1.51. The maximum absolute atomic E-state index is 13.1. The quantitative estimate of drug-likeness (QED) is 0.0923. The Morgan fingerprint density at radius 2 is 1.68 bits per heavy atom. The summed E-state index contributed by atoms with van der Waals surface area (Å²) in [4.78, 5) is 24.2. The second-order valence-electron chi connectivity index (χ2n) is 8.30. The van der Waals surface area contributed by atoms with Gasteiger partial charge < -0.3 is 16.0 Å². The van der Waals surface area contributed by atoms with Gasteiger partial charge in [0.2, 0.25) is 0 Å². The van der Waals surface area contributed by atoms with E-state index in [1.807, 2.05) is 62.4 Å². The van der Waals surface area contributed by atoms with Crippen LogP contribution in [-0.2, 0) is 0 Å². The number of carbonyl (C=O) groups is 1. The summed E-state index contributed by atoms with van der Waals surface area (Å²) in [6, 6.07) is 23.7. The largest absolute Gasteiger partial charge is 0.355 e. The Labute approximate surface area is 220 Å². The molecule has 0 atom stereocenters. The smallest absolute Gasteiger partial charge is 0.255 e. The topological polar surface area (TPSA) is 127 Å². The van der Waals surface area contributed by atoms with Gasteiger partial charge in [-0.3, -0.25) is 14.8 Å². The number of carbonyl (C=O) groups excluding carboxylic acids is 1. The minimum absolute atomic E-state index is 0.244. The predicted octanol–water partition coefficient (Wildman–Crippen LogP) is 8.13. The number of hydrogen-bond donors (Lipinski definition) is 3. The first kappa shape index (κ1) is 25.7. The van der Waals surface area contributed by atoms with Crippen molar-refractivity contribution >= 4 is 52.4 Å². The van der Waals surface area contributed by atoms with E-state index in [0.29, 0.717) is 28.3 Å². The van der Waals surface area contributed by atoms with Crippen LogP contribution >= 0.6 is 0 Å². The van der Waals surface area contributed by atoms with Gasteiger partial charge in [-0.25, -0.2) is 0 Å². The lowest BCUT2D eigenvalue weighted by Crippen LogP contribution is -2.12. The minimum Gasteiger partial charge on any atom is -0.355 e. The van der Waals surface area contributed by atoms with E-state index in [-0.39, 0.29) is 5.91 Å². The summed E-state index contributed by atoms with van der Waals surface area (Å²) in [6.07, 6.45) is 3.62. The molecule has 9 nitrogen and oxygen atoms in total. The highest BCUT2D eigenvalue weighted by molar-refractivity contribution is 6.05. The van der Waals surface area contributed by atoms with Crippen molar-refractivity contribution in [2.75, 3.05) is 16.0 Å². The highest BCUT2D eigenvalue weighted by atomic mass is 16.1. The molecule has 3 aromatic carbocycles. The molecule has 1 heterocycles. The predicted molar refractivity (Wildman–Crippen MR) is 155 cm³/mol. The molecule has 3 N–H and O–H groups in total. The standard InChI is InChI=1S/C29H26N8O/c1-4-27(26-18-25(36-37-30)11-12-28(26)31-3)34-21-8-5-7-20(16-21)29(38)35-23-10-6-9-22(17-23)33-24-13-14-32-19(2)15-24/h4-18,34H,3H2,1-2H3,(H,32,33)(H,35,38)/b27-4+. The van der Waals surface area contributed by atoms with Crippen molar-refractivity contribution in [3.63, 3.8) is 0 Å². The third-order valence-corrected chi connectivity index (χ3v) is 5.60. The molecule has 0 saturated heterocycles. The lowest BCUT2D eigenvalue weighted by atomic mass is 10.1. The normalized spacial score (nSPS) is 10.7. The van der Waals surface area contributed by atoms with Gasteiger partial charge in [0.1, 0.15) is 0 Å². The summed E-state index contributed by atoms with van der Waals surface area (Å²) >= 11 is 0.